The minimum absolute atomic E-state index is 0.0874. The van der Waals surface area contributed by atoms with Crippen LogP contribution in [0.5, 0.6) is 0 Å². The van der Waals surface area contributed by atoms with Gasteiger partial charge in [-0.25, -0.2) is 0 Å². The highest BCUT2D eigenvalue weighted by Crippen LogP contribution is 2.23. The average Bonchev–Trinajstić information content (AvgIpc) is 2.81. The monoisotopic (exact) mass is 280 g/mol. The van der Waals surface area contributed by atoms with Crippen LogP contribution >= 0.6 is 11.6 Å². The summed E-state index contributed by atoms with van der Waals surface area (Å²) in [7, 11) is 0. The van der Waals surface area contributed by atoms with Crippen molar-refractivity contribution in [3.05, 3.63) is 34.9 Å². The Morgan fingerprint density at radius 3 is 2.95 bits per heavy atom. The molecule has 1 aromatic rings. The highest BCUT2D eigenvalue weighted by Gasteiger charge is 2.25. The lowest BCUT2D eigenvalue weighted by Gasteiger charge is -2.27. The van der Waals surface area contributed by atoms with E-state index in [9.17, 15) is 4.79 Å². The molecule has 19 heavy (non-hydrogen) atoms. The van der Waals surface area contributed by atoms with Crippen molar-refractivity contribution in [2.24, 2.45) is 0 Å². The molecule has 0 spiro atoms. The lowest BCUT2D eigenvalue weighted by atomic mass is 9.94. The van der Waals surface area contributed by atoms with Gasteiger partial charge in [-0.15, -0.1) is 0 Å². The number of carbonyl (C=O) groups is 1. The molecule has 1 atom stereocenters. The molecule has 1 unspecified atom stereocenters. The molecule has 1 amide bonds. The van der Waals surface area contributed by atoms with E-state index in [1.54, 1.807) is 0 Å². The molecule has 1 aromatic carbocycles. The molecule has 3 nitrogen and oxygen atoms in total. The zero-order valence-corrected chi connectivity index (χ0v) is 12.3. The smallest absolute Gasteiger partial charge is 0.222 e. The van der Waals surface area contributed by atoms with Crippen molar-refractivity contribution in [3.63, 3.8) is 0 Å². The maximum absolute atomic E-state index is 12.1. The maximum atomic E-state index is 12.1. The SMILES string of the molecule is CC(C)(NC(=O)CC1CCCN1)c1cccc(Cl)c1. The van der Waals surface area contributed by atoms with Gasteiger partial charge in [0.25, 0.3) is 0 Å². The highest BCUT2D eigenvalue weighted by atomic mass is 35.5. The zero-order valence-electron chi connectivity index (χ0n) is 11.5. The largest absolute Gasteiger partial charge is 0.347 e. The van der Waals surface area contributed by atoms with E-state index in [0.29, 0.717) is 17.5 Å². The predicted molar refractivity (Wildman–Crippen MR) is 78.3 cm³/mol. The van der Waals surface area contributed by atoms with E-state index in [0.717, 1.165) is 24.9 Å². The van der Waals surface area contributed by atoms with Crippen molar-refractivity contribution in [2.45, 2.75) is 44.7 Å². The van der Waals surface area contributed by atoms with Gasteiger partial charge in [-0.3, -0.25) is 4.79 Å². The third kappa shape index (κ3) is 3.95. The third-order valence-corrected chi connectivity index (χ3v) is 3.83. The lowest BCUT2D eigenvalue weighted by Crippen LogP contribution is -2.43. The van der Waals surface area contributed by atoms with Crippen molar-refractivity contribution in [1.29, 1.82) is 0 Å². The quantitative estimate of drug-likeness (QED) is 0.890. The topological polar surface area (TPSA) is 41.1 Å². The van der Waals surface area contributed by atoms with Crippen LogP contribution in [-0.2, 0) is 10.3 Å². The van der Waals surface area contributed by atoms with Gasteiger partial charge in [-0.05, 0) is 50.9 Å². The molecule has 0 aliphatic carbocycles. The summed E-state index contributed by atoms with van der Waals surface area (Å²) in [4.78, 5) is 12.1. The Morgan fingerprint density at radius 2 is 2.32 bits per heavy atom. The molecule has 1 heterocycles. The predicted octanol–water partition coefficient (Wildman–Crippen LogP) is 2.83. The molecular weight excluding hydrogens is 260 g/mol. The Bertz CT molecular complexity index is 453. The molecule has 0 radical (unpaired) electrons. The number of nitrogens with one attached hydrogen (secondary N) is 2. The summed E-state index contributed by atoms with van der Waals surface area (Å²) >= 11 is 6.00. The van der Waals surface area contributed by atoms with Crippen LogP contribution in [0.4, 0.5) is 0 Å². The minimum atomic E-state index is -0.402. The first kappa shape index (κ1) is 14.4. The van der Waals surface area contributed by atoms with Crippen LogP contribution < -0.4 is 10.6 Å². The van der Waals surface area contributed by atoms with Crippen LogP contribution in [0.3, 0.4) is 0 Å². The molecule has 2 rings (SSSR count). The fraction of sp³-hybridized carbons (Fsp3) is 0.533. The number of carbonyl (C=O) groups excluding carboxylic acids is 1. The summed E-state index contributed by atoms with van der Waals surface area (Å²) in [6, 6.07) is 7.96. The number of rotatable bonds is 4. The van der Waals surface area contributed by atoms with E-state index >= 15 is 0 Å². The summed E-state index contributed by atoms with van der Waals surface area (Å²) in [6.07, 6.45) is 2.80. The highest BCUT2D eigenvalue weighted by molar-refractivity contribution is 6.30. The van der Waals surface area contributed by atoms with Crippen LogP contribution in [0.1, 0.15) is 38.7 Å². The van der Waals surface area contributed by atoms with Crippen LogP contribution in [0, 0.1) is 0 Å². The second-order valence-electron chi connectivity index (χ2n) is 5.68. The van der Waals surface area contributed by atoms with Crippen molar-refractivity contribution in [3.8, 4) is 0 Å². The standard InChI is InChI=1S/C15H21ClN2O/c1-15(2,11-5-3-6-12(16)9-11)18-14(19)10-13-7-4-8-17-13/h3,5-6,9,13,17H,4,7-8,10H2,1-2H3,(H,18,19). The Kier molecular flexibility index (Phi) is 4.48. The molecular formula is C15H21ClN2O. The molecule has 1 saturated heterocycles. The van der Waals surface area contributed by atoms with Gasteiger partial charge in [-0.1, -0.05) is 23.7 Å². The first-order chi connectivity index (χ1) is 8.97. The Labute approximate surface area is 119 Å². The van der Waals surface area contributed by atoms with Crippen molar-refractivity contribution < 1.29 is 4.79 Å². The number of amides is 1. The Balaban J connectivity index is 1.97. The molecule has 1 fully saturated rings. The number of halogens is 1. The van der Waals surface area contributed by atoms with Gasteiger partial charge in [0.2, 0.25) is 5.91 Å². The molecule has 104 valence electrons. The first-order valence-corrected chi connectivity index (χ1v) is 7.15. The maximum Gasteiger partial charge on any atom is 0.222 e. The lowest BCUT2D eigenvalue weighted by molar-refractivity contribution is -0.123. The second-order valence-corrected chi connectivity index (χ2v) is 6.12. The minimum Gasteiger partial charge on any atom is -0.347 e. The average molecular weight is 281 g/mol. The molecule has 0 saturated carbocycles. The van der Waals surface area contributed by atoms with Crippen molar-refractivity contribution in [2.75, 3.05) is 6.54 Å². The van der Waals surface area contributed by atoms with Crippen LogP contribution in [0.25, 0.3) is 0 Å². The molecule has 4 heteroatoms. The molecule has 1 aliphatic heterocycles. The summed E-state index contributed by atoms with van der Waals surface area (Å²) in [5, 5.41) is 7.12. The summed E-state index contributed by atoms with van der Waals surface area (Å²) in [6.45, 7) is 5.02. The van der Waals surface area contributed by atoms with Gasteiger partial charge in [0.15, 0.2) is 0 Å². The zero-order chi connectivity index (χ0) is 13.9. The van der Waals surface area contributed by atoms with Crippen LogP contribution in [0.15, 0.2) is 24.3 Å². The van der Waals surface area contributed by atoms with E-state index in [4.69, 9.17) is 11.6 Å². The molecule has 0 aromatic heterocycles. The van der Waals surface area contributed by atoms with Gasteiger partial charge in [-0.2, -0.15) is 0 Å². The summed E-state index contributed by atoms with van der Waals surface area (Å²) in [5.74, 6) is 0.0874. The van der Waals surface area contributed by atoms with Gasteiger partial charge >= 0.3 is 0 Å². The van der Waals surface area contributed by atoms with E-state index in [-0.39, 0.29) is 5.91 Å². The Morgan fingerprint density at radius 1 is 1.53 bits per heavy atom. The summed E-state index contributed by atoms with van der Waals surface area (Å²) in [5.41, 5.74) is 0.619. The number of hydrogen-bond acceptors (Lipinski definition) is 2. The Hall–Kier alpha value is -1.06. The fourth-order valence-corrected chi connectivity index (χ4v) is 2.69. The van der Waals surface area contributed by atoms with Crippen LogP contribution in [-0.4, -0.2) is 18.5 Å². The molecule has 0 bridgehead atoms. The number of benzene rings is 1. The fourth-order valence-electron chi connectivity index (χ4n) is 2.50. The molecule has 1 aliphatic rings. The normalized spacial score (nSPS) is 19.4. The van der Waals surface area contributed by atoms with Gasteiger partial charge in [0, 0.05) is 17.5 Å². The third-order valence-electron chi connectivity index (χ3n) is 3.59. The second kappa shape index (κ2) is 5.93. The van der Waals surface area contributed by atoms with E-state index in [2.05, 4.69) is 10.6 Å². The van der Waals surface area contributed by atoms with E-state index in [1.807, 2.05) is 38.1 Å². The molecule has 2 N–H and O–H groups in total. The summed E-state index contributed by atoms with van der Waals surface area (Å²) < 4.78 is 0. The van der Waals surface area contributed by atoms with Gasteiger partial charge in [0.1, 0.15) is 0 Å². The number of hydrogen-bond donors (Lipinski definition) is 2. The van der Waals surface area contributed by atoms with E-state index in [1.165, 1.54) is 0 Å². The van der Waals surface area contributed by atoms with Gasteiger partial charge < -0.3 is 10.6 Å². The van der Waals surface area contributed by atoms with Crippen LogP contribution in [0.2, 0.25) is 5.02 Å². The first-order valence-electron chi connectivity index (χ1n) is 6.78. The van der Waals surface area contributed by atoms with Gasteiger partial charge in [0.05, 0.1) is 5.54 Å². The van der Waals surface area contributed by atoms with E-state index < -0.39 is 5.54 Å². The van der Waals surface area contributed by atoms with Crippen molar-refractivity contribution >= 4 is 17.5 Å². The van der Waals surface area contributed by atoms with Crippen molar-refractivity contribution in [1.82, 2.24) is 10.6 Å².